The third-order valence-electron chi connectivity index (χ3n) is 7.36. The Balaban J connectivity index is 1.67. The van der Waals surface area contributed by atoms with Gasteiger partial charge in [-0.1, -0.05) is 91.9 Å². The first-order valence-corrected chi connectivity index (χ1v) is 13.4. The fourth-order valence-electron chi connectivity index (χ4n) is 6.04. The van der Waals surface area contributed by atoms with Crippen molar-refractivity contribution in [2.45, 2.75) is 24.8 Å². The van der Waals surface area contributed by atoms with Crippen LogP contribution in [-0.4, -0.2) is 22.4 Å². The lowest BCUT2D eigenvalue weighted by molar-refractivity contribution is 0.184. The molecule has 1 heterocycles. The Morgan fingerprint density at radius 2 is 1.17 bits per heavy atom. The molecule has 0 saturated carbocycles. The number of para-hydroxylation sites is 2. The van der Waals surface area contributed by atoms with E-state index >= 15 is 0 Å². The average molecular weight is 484 g/mol. The summed E-state index contributed by atoms with van der Waals surface area (Å²) < 4.78 is 16.6. The summed E-state index contributed by atoms with van der Waals surface area (Å²) in [4.78, 5) is 21.0. The van der Waals surface area contributed by atoms with E-state index in [1.807, 2.05) is 19.1 Å². The summed E-state index contributed by atoms with van der Waals surface area (Å²) in [6.07, 6.45) is 0.656. The molecule has 1 unspecified atom stereocenters. The Bertz CT molecular complexity index is 1380. The van der Waals surface area contributed by atoms with Gasteiger partial charge in [-0.15, -0.1) is 0 Å². The van der Waals surface area contributed by atoms with Gasteiger partial charge in [0.25, 0.3) is 0 Å². The number of benzene rings is 4. The van der Waals surface area contributed by atoms with E-state index in [4.69, 9.17) is 4.52 Å². The van der Waals surface area contributed by atoms with Gasteiger partial charge >= 0.3 is 7.82 Å². The molecule has 0 bridgehead atoms. The summed E-state index contributed by atoms with van der Waals surface area (Å²) in [5.41, 5.74) is 8.85. The molecule has 0 fully saturated rings. The van der Waals surface area contributed by atoms with E-state index in [1.54, 1.807) is 0 Å². The van der Waals surface area contributed by atoms with Crippen molar-refractivity contribution in [3.8, 4) is 11.1 Å². The highest BCUT2D eigenvalue weighted by atomic mass is 31.2. The number of fused-ring (bicyclic) bond motifs is 9. The van der Waals surface area contributed by atoms with E-state index in [0.717, 1.165) is 22.5 Å². The minimum absolute atomic E-state index is 0.0797. The molecule has 4 aromatic carbocycles. The fraction of sp³-hybridized carbons (Fsp3) is 0.172. The van der Waals surface area contributed by atoms with Crippen LogP contribution in [0.4, 0.5) is 11.4 Å². The molecule has 6 heteroatoms. The van der Waals surface area contributed by atoms with Crippen LogP contribution in [0.15, 0.2) is 97.1 Å². The molecule has 5 nitrogen and oxygen atoms in total. The topological polar surface area (TPSA) is 70.0 Å². The Hall–Kier alpha value is -3.21. The standard InChI is InChI=1S/C29H26NO4P/c1-2-20(19-34-35(31,32)33)30-27-17-9-7-15-25(27)29(26-16-8-10-18-28(26)30)23-13-5-3-11-21(23)22-12-4-6-14-24(22)29/h3-18,20H,2,19H2,1H3,(H2,31,32,33). The molecule has 6 rings (SSSR count). The molecule has 0 aromatic heterocycles. The van der Waals surface area contributed by atoms with Gasteiger partial charge in [0.1, 0.15) is 0 Å². The van der Waals surface area contributed by atoms with E-state index in [-0.39, 0.29) is 12.6 Å². The van der Waals surface area contributed by atoms with Crippen molar-refractivity contribution in [1.29, 1.82) is 0 Å². The maximum absolute atomic E-state index is 11.6. The van der Waals surface area contributed by atoms with Gasteiger partial charge in [-0.25, -0.2) is 4.57 Å². The van der Waals surface area contributed by atoms with E-state index < -0.39 is 13.2 Å². The van der Waals surface area contributed by atoms with Crippen LogP contribution in [0, 0.1) is 0 Å². The highest BCUT2D eigenvalue weighted by molar-refractivity contribution is 7.46. The zero-order valence-corrected chi connectivity index (χ0v) is 20.2. The van der Waals surface area contributed by atoms with Crippen LogP contribution in [0.2, 0.25) is 0 Å². The summed E-state index contributed by atoms with van der Waals surface area (Å²) in [6.45, 7) is 1.94. The predicted octanol–water partition coefficient (Wildman–Crippen LogP) is 6.39. The maximum atomic E-state index is 11.6. The Labute approximate surface area is 204 Å². The summed E-state index contributed by atoms with van der Waals surface area (Å²) >= 11 is 0. The molecule has 1 atom stereocenters. The Kier molecular flexibility index (Phi) is 5.21. The predicted molar refractivity (Wildman–Crippen MR) is 138 cm³/mol. The number of phosphoric acid groups is 1. The van der Waals surface area contributed by atoms with Crippen molar-refractivity contribution >= 4 is 19.2 Å². The van der Waals surface area contributed by atoms with Gasteiger partial charge in [0, 0.05) is 11.4 Å². The lowest BCUT2D eigenvalue weighted by atomic mass is 9.64. The average Bonchev–Trinajstić information content (AvgIpc) is 3.17. The van der Waals surface area contributed by atoms with Crippen LogP contribution in [0.1, 0.15) is 35.6 Å². The largest absolute Gasteiger partial charge is 0.469 e. The van der Waals surface area contributed by atoms with Crippen molar-refractivity contribution < 1.29 is 18.9 Å². The fourth-order valence-corrected chi connectivity index (χ4v) is 6.41. The molecule has 1 spiro atoms. The molecular formula is C29H26NO4P. The normalized spacial score (nSPS) is 15.8. The van der Waals surface area contributed by atoms with Gasteiger partial charge in [0.2, 0.25) is 0 Å². The molecule has 1 aliphatic heterocycles. The van der Waals surface area contributed by atoms with Crippen molar-refractivity contribution in [1.82, 2.24) is 0 Å². The van der Waals surface area contributed by atoms with E-state index in [1.165, 1.54) is 22.3 Å². The minimum atomic E-state index is -4.59. The summed E-state index contributed by atoms with van der Waals surface area (Å²) in [6, 6.07) is 33.8. The number of hydrogen-bond donors (Lipinski definition) is 2. The van der Waals surface area contributed by atoms with Gasteiger partial charge < -0.3 is 14.7 Å². The first kappa shape index (κ1) is 22.3. The van der Waals surface area contributed by atoms with E-state index in [0.29, 0.717) is 6.42 Å². The zero-order chi connectivity index (χ0) is 24.2. The minimum Gasteiger partial charge on any atom is -0.335 e. The van der Waals surface area contributed by atoms with Gasteiger partial charge in [-0.05, 0) is 51.9 Å². The number of nitrogens with zero attached hydrogens (tertiary/aromatic N) is 1. The van der Waals surface area contributed by atoms with Crippen LogP contribution in [0.3, 0.4) is 0 Å². The van der Waals surface area contributed by atoms with Crippen molar-refractivity contribution in [3.63, 3.8) is 0 Å². The lowest BCUT2D eigenvalue weighted by Crippen LogP contribution is -2.43. The van der Waals surface area contributed by atoms with E-state index in [2.05, 4.69) is 89.8 Å². The second-order valence-electron chi connectivity index (χ2n) is 9.09. The molecule has 2 aliphatic rings. The monoisotopic (exact) mass is 483 g/mol. The Morgan fingerprint density at radius 3 is 1.63 bits per heavy atom. The van der Waals surface area contributed by atoms with Crippen LogP contribution in [-0.2, 0) is 14.5 Å². The van der Waals surface area contributed by atoms with Gasteiger partial charge in [0.05, 0.1) is 18.1 Å². The van der Waals surface area contributed by atoms with E-state index in [9.17, 15) is 14.4 Å². The first-order chi connectivity index (χ1) is 17.0. The lowest BCUT2D eigenvalue weighted by Gasteiger charge is -2.47. The second kappa shape index (κ2) is 8.18. The number of rotatable bonds is 5. The highest BCUT2D eigenvalue weighted by Crippen LogP contribution is 2.62. The molecular weight excluding hydrogens is 457 g/mol. The molecule has 0 saturated heterocycles. The summed E-state index contributed by atoms with van der Waals surface area (Å²) in [7, 11) is -4.59. The van der Waals surface area contributed by atoms with Crippen molar-refractivity contribution in [3.05, 3.63) is 119 Å². The highest BCUT2D eigenvalue weighted by Gasteiger charge is 2.51. The summed E-state index contributed by atoms with van der Waals surface area (Å²) in [5, 5.41) is 0. The molecule has 176 valence electrons. The van der Waals surface area contributed by atoms with Gasteiger partial charge in [0.15, 0.2) is 0 Å². The number of phosphoric ester groups is 1. The number of hydrogen-bond acceptors (Lipinski definition) is 3. The van der Waals surface area contributed by atoms with Crippen LogP contribution < -0.4 is 4.90 Å². The summed E-state index contributed by atoms with van der Waals surface area (Å²) in [5.74, 6) is 0. The third kappa shape index (κ3) is 3.24. The van der Waals surface area contributed by atoms with Gasteiger partial charge in [-0.3, -0.25) is 4.52 Å². The molecule has 4 aromatic rings. The first-order valence-electron chi connectivity index (χ1n) is 11.8. The van der Waals surface area contributed by atoms with Crippen LogP contribution in [0.25, 0.3) is 11.1 Å². The maximum Gasteiger partial charge on any atom is 0.469 e. The van der Waals surface area contributed by atoms with Crippen LogP contribution >= 0.6 is 7.82 Å². The SMILES string of the molecule is CCC(COP(=O)(O)O)N1c2ccccc2C2(c3ccccc3-c3ccccc32)c2ccccc21. The Morgan fingerprint density at radius 1 is 0.743 bits per heavy atom. The van der Waals surface area contributed by atoms with Crippen LogP contribution in [0.5, 0.6) is 0 Å². The van der Waals surface area contributed by atoms with Gasteiger partial charge in [-0.2, -0.15) is 0 Å². The molecule has 0 radical (unpaired) electrons. The third-order valence-corrected chi connectivity index (χ3v) is 7.84. The second-order valence-corrected chi connectivity index (χ2v) is 10.3. The zero-order valence-electron chi connectivity index (χ0n) is 19.3. The molecule has 35 heavy (non-hydrogen) atoms. The quantitative estimate of drug-likeness (QED) is 0.284. The smallest absolute Gasteiger partial charge is 0.335 e. The molecule has 2 N–H and O–H groups in total. The van der Waals surface area contributed by atoms with Crippen molar-refractivity contribution in [2.24, 2.45) is 0 Å². The number of anilines is 2. The molecule has 0 amide bonds. The van der Waals surface area contributed by atoms with Crippen molar-refractivity contribution in [2.75, 3.05) is 11.5 Å². The molecule has 1 aliphatic carbocycles.